The molecule has 0 aliphatic heterocycles. The molecule has 1 aliphatic carbocycles. The third-order valence-corrected chi connectivity index (χ3v) is 4.26. The summed E-state index contributed by atoms with van der Waals surface area (Å²) in [6.07, 6.45) is 1.20. The molecule has 2 aromatic rings. The van der Waals surface area contributed by atoms with E-state index in [1.54, 1.807) is 0 Å². The predicted molar refractivity (Wildman–Crippen MR) is 89.4 cm³/mol. The van der Waals surface area contributed by atoms with Gasteiger partial charge in [-0.1, -0.05) is 56.3 Å². The van der Waals surface area contributed by atoms with Gasteiger partial charge in [-0.15, -0.1) is 0 Å². The first-order chi connectivity index (χ1) is 10.7. The molecule has 0 amide bonds. The van der Waals surface area contributed by atoms with Crippen LogP contribution in [0.2, 0.25) is 0 Å². The van der Waals surface area contributed by atoms with E-state index >= 15 is 0 Å². The van der Waals surface area contributed by atoms with Gasteiger partial charge in [0.1, 0.15) is 12.4 Å². The fourth-order valence-corrected chi connectivity index (χ4v) is 3.05. The maximum atomic E-state index is 6.24. The van der Waals surface area contributed by atoms with Gasteiger partial charge in [-0.25, -0.2) is 0 Å². The van der Waals surface area contributed by atoms with E-state index in [9.17, 15) is 0 Å². The highest BCUT2D eigenvalue weighted by Crippen LogP contribution is 2.46. The molecule has 0 saturated heterocycles. The number of ether oxygens (including phenoxy) is 2. The van der Waals surface area contributed by atoms with Crippen molar-refractivity contribution in [2.45, 2.75) is 45.8 Å². The second-order valence-electron chi connectivity index (χ2n) is 6.13. The van der Waals surface area contributed by atoms with Crippen LogP contribution in [0.1, 0.15) is 55.0 Å². The van der Waals surface area contributed by atoms with Crippen LogP contribution in [0.3, 0.4) is 0 Å². The summed E-state index contributed by atoms with van der Waals surface area (Å²) in [5.74, 6) is 1.49. The Bertz CT molecular complexity index is 632. The van der Waals surface area contributed by atoms with Crippen molar-refractivity contribution in [1.82, 2.24) is 0 Å². The summed E-state index contributed by atoms with van der Waals surface area (Å²) in [6.45, 7) is 7.83. The first kappa shape index (κ1) is 15.1. The standard InChI is InChI=1S/C20H24O2/c1-4-21-18-12-16-10-11-17(14(2)3)20(19(16)18)22-13-15-8-6-5-7-9-15/h5-11,14,18H,4,12-13H2,1-3H3. The van der Waals surface area contributed by atoms with Crippen LogP contribution in [0.4, 0.5) is 0 Å². The molecule has 0 N–H and O–H groups in total. The summed E-state index contributed by atoms with van der Waals surface area (Å²) < 4.78 is 12.1. The molecule has 0 radical (unpaired) electrons. The molecule has 0 spiro atoms. The zero-order valence-electron chi connectivity index (χ0n) is 13.6. The van der Waals surface area contributed by atoms with E-state index in [2.05, 4.69) is 45.0 Å². The largest absolute Gasteiger partial charge is 0.488 e. The van der Waals surface area contributed by atoms with Gasteiger partial charge in [0.05, 0.1) is 6.10 Å². The lowest BCUT2D eigenvalue weighted by Gasteiger charge is -2.33. The first-order valence-electron chi connectivity index (χ1n) is 8.14. The lowest BCUT2D eigenvalue weighted by Crippen LogP contribution is -2.22. The quantitative estimate of drug-likeness (QED) is 0.745. The van der Waals surface area contributed by atoms with Crippen molar-refractivity contribution in [3.05, 3.63) is 64.7 Å². The van der Waals surface area contributed by atoms with Crippen molar-refractivity contribution in [3.63, 3.8) is 0 Å². The van der Waals surface area contributed by atoms with Gasteiger partial charge in [-0.3, -0.25) is 0 Å². The molecule has 1 atom stereocenters. The average molecular weight is 296 g/mol. The summed E-state index contributed by atoms with van der Waals surface area (Å²) in [7, 11) is 0. The number of rotatable bonds is 6. The smallest absolute Gasteiger partial charge is 0.129 e. The second kappa shape index (κ2) is 6.53. The van der Waals surface area contributed by atoms with Crippen molar-refractivity contribution in [2.24, 2.45) is 0 Å². The van der Waals surface area contributed by atoms with E-state index < -0.39 is 0 Å². The van der Waals surface area contributed by atoms with E-state index in [4.69, 9.17) is 9.47 Å². The second-order valence-corrected chi connectivity index (χ2v) is 6.13. The predicted octanol–water partition coefficient (Wildman–Crippen LogP) is 5.02. The fourth-order valence-electron chi connectivity index (χ4n) is 3.05. The normalized spacial score (nSPS) is 16.3. The molecule has 0 saturated carbocycles. The summed E-state index contributed by atoms with van der Waals surface area (Å²) in [6, 6.07) is 14.8. The number of hydrogen-bond acceptors (Lipinski definition) is 2. The Morgan fingerprint density at radius 1 is 1.09 bits per heavy atom. The van der Waals surface area contributed by atoms with E-state index in [-0.39, 0.29) is 6.10 Å². The van der Waals surface area contributed by atoms with Crippen LogP contribution in [0.5, 0.6) is 5.75 Å². The number of benzene rings is 2. The van der Waals surface area contributed by atoms with Gasteiger partial charge in [0, 0.05) is 18.6 Å². The van der Waals surface area contributed by atoms with E-state index in [0.717, 1.165) is 18.8 Å². The van der Waals surface area contributed by atoms with Crippen LogP contribution in [0, 0.1) is 0 Å². The van der Waals surface area contributed by atoms with Crippen LogP contribution in [0.25, 0.3) is 0 Å². The molecule has 3 rings (SSSR count). The SMILES string of the molecule is CCOC1Cc2ccc(C(C)C)c(OCc3ccccc3)c21. The minimum Gasteiger partial charge on any atom is -0.488 e. The van der Waals surface area contributed by atoms with Crippen LogP contribution < -0.4 is 4.74 Å². The first-order valence-corrected chi connectivity index (χ1v) is 8.14. The molecule has 0 fully saturated rings. The Labute approximate surface area is 133 Å². The van der Waals surface area contributed by atoms with E-state index in [0.29, 0.717) is 12.5 Å². The van der Waals surface area contributed by atoms with Gasteiger partial charge < -0.3 is 9.47 Å². The highest BCUT2D eigenvalue weighted by molar-refractivity contribution is 5.54. The summed E-state index contributed by atoms with van der Waals surface area (Å²) >= 11 is 0. The van der Waals surface area contributed by atoms with Gasteiger partial charge in [0.25, 0.3) is 0 Å². The molecule has 0 heterocycles. The molecular weight excluding hydrogens is 272 g/mol. The zero-order valence-corrected chi connectivity index (χ0v) is 13.6. The van der Waals surface area contributed by atoms with Gasteiger partial charge in [-0.05, 0) is 29.5 Å². The van der Waals surface area contributed by atoms with Gasteiger partial charge in [0.2, 0.25) is 0 Å². The highest BCUT2D eigenvalue weighted by atomic mass is 16.5. The maximum absolute atomic E-state index is 6.24. The lowest BCUT2D eigenvalue weighted by molar-refractivity contribution is 0.0430. The summed E-state index contributed by atoms with van der Waals surface area (Å²) in [4.78, 5) is 0. The Hall–Kier alpha value is -1.80. The van der Waals surface area contributed by atoms with Crippen molar-refractivity contribution in [2.75, 3.05) is 6.61 Å². The molecule has 2 heteroatoms. The minimum atomic E-state index is 0.199. The van der Waals surface area contributed by atoms with Crippen molar-refractivity contribution in [3.8, 4) is 5.75 Å². The van der Waals surface area contributed by atoms with E-state index in [1.165, 1.54) is 22.3 Å². The summed E-state index contributed by atoms with van der Waals surface area (Å²) in [5.41, 5.74) is 5.11. The van der Waals surface area contributed by atoms with Gasteiger partial charge in [-0.2, -0.15) is 0 Å². The van der Waals surface area contributed by atoms with Gasteiger partial charge in [0.15, 0.2) is 0 Å². The molecule has 2 aromatic carbocycles. The maximum Gasteiger partial charge on any atom is 0.129 e. The monoisotopic (exact) mass is 296 g/mol. The number of fused-ring (bicyclic) bond motifs is 1. The molecule has 22 heavy (non-hydrogen) atoms. The highest BCUT2D eigenvalue weighted by Gasteiger charge is 2.32. The Morgan fingerprint density at radius 2 is 1.86 bits per heavy atom. The van der Waals surface area contributed by atoms with E-state index in [1.807, 2.05) is 18.2 Å². The van der Waals surface area contributed by atoms with Gasteiger partial charge >= 0.3 is 0 Å². The van der Waals surface area contributed by atoms with Crippen LogP contribution >= 0.6 is 0 Å². The van der Waals surface area contributed by atoms with Crippen LogP contribution in [-0.4, -0.2) is 6.61 Å². The molecule has 0 aromatic heterocycles. The molecular formula is C20H24O2. The van der Waals surface area contributed by atoms with Crippen LogP contribution in [0.15, 0.2) is 42.5 Å². The molecule has 1 aliphatic rings. The fraction of sp³-hybridized carbons (Fsp3) is 0.400. The van der Waals surface area contributed by atoms with Crippen molar-refractivity contribution < 1.29 is 9.47 Å². The average Bonchev–Trinajstić information content (AvgIpc) is 2.51. The Morgan fingerprint density at radius 3 is 2.55 bits per heavy atom. The third-order valence-electron chi connectivity index (χ3n) is 4.26. The van der Waals surface area contributed by atoms with Crippen LogP contribution in [-0.2, 0) is 17.8 Å². The summed E-state index contributed by atoms with van der Waals surface area (Å²) in [5, 5.41) is 0. The molecule has 1 unspecified atom stereocenters. The lowest BCUT2D eigenvalue weighted by atomic mass is 9.81. The Kier molecular flexibility index (Phi) is 4.49. The Balaban J connectivity index is 1.89. The van der Waals surface area contributed by atoms with Crippen molar-refractivity contribution in [1.29, 1.82) is 0 Å². The van der Waals surface area contributed by atoms with Crippen molar-refractivity contribution >= 4 is 0 Å². The molecule has 0 bridgehead atoms. The minimum absolute atomic E-state index is 0.199. The molecule has 2 nitrogen and oxygen atoms in total. The third kappa shape index (κ3) is 2.89. The topological polar surface area (TPSA) is 18.5 Å². The molecule has 116 valence electrons. The number of hydrogen-bond donors (Lipinski definition) is 0. The zero-order chi connectivity index (χ0) is 15.5.